The molecule has 0 amide bonds. The van der Waals surface area contributed by atoms with Gasteiger partial charge in [0.1, 0.15) is 12.4 Å². The van der Waals surface area contributed by atoms with Crippen molar-refractivity contribution in [2.45, 2.75) is 25.9 Å². The molecular formula is C14H19ClN4O. The van der Waals surface area contributed by atoms with Crippen molar-refractivity contribution in [3.63, 3.8) is 0 Å². The molecule has 5 nitrogen and oxygen atoms in total. The molecule has 0 bridgehead atoms. The monoisotopic (exact) mass is 294 g/mol. The van der Waals surface area contributed by atoms with Crippen molar-refractivity contribution in [2.75, 3.05) is 6.61 Å². The van der Waals surface area contributed by atoms with E-state index in [-0.39, 0.29) is 12.1 Å². The number of para-hydroxylation sites is 1. The van der Waals surface area contributed by atoms with Gasteiger partial charge in [0, 0.05) is 6.04 Å². The van der Waals surface area contributed by atoms with Gasteiger partial charge in [0.25, 0.3) is 0 Å². The molecule has 0 saturated carbocycles. The molecule has 1 aromatic carbocycles. The summed E-state index contributed by atoms with van der Waals surface area (Å²) in [6.07, 6.45) is 1.63. The lowest BCUT2D eigenvalue weighted by molar-refractivity contribution is 0.258. The van der Waals surface area contributed by atoms with Gasteiger partial charge in [-0.25, -0.2) is 5.43 Å². The maximum atomic E-state index is 6.21. The molecule has 0 saturated heterocycles. The van der Waals surface area contributed by atoms with Crippen molar-refractivity contribution < 1.29 is 4.74 Å². The lowest BCUT2D eigenvalue weighted by Gasteiger charge is -2.20. The second kappa shape index (κ2) is 6.74. The summed E-state index contributed by atoms with van der Waals surface area (Å²) in [7, 11) is 0. The molecule has 2 rings (SSSR count). The third-order valence-electron chi connectivity index (χ3n) is 2.97. The van der Waals surface area contributed by atoms with Crippen LogP contribution >= 0.6 is 11.6 Å². The lowest BCUT2D eigenvalue weighted by Crippen LogP contribution is -2.34. The van der Waals surface area contributed by atoms with Crippen LogP contribution in [-0.2, 0) is 0 Å². The van der Waals surface area contributed by atoms with E-state index in [1.165, 1.54) is 0 Å². The number of nitrogens with two attached hydrogens (primary N) is 1. The van der Waals surface area contributed by atoms with Crippen molar-refractivity contribution in [2.24, 2.45) is 5.84 Å². The average molecular weight is 295 g/mol. The summed E-state index contributed by atoms with van der Waals surface area (Å²) in [4.78, 5) is 0. The zero-order valence-electron chi connectivity index (χ0n) is 11.6. The summed E-state index contributed by atoms with van der Waals surface area (Å²) >= 11 is 6.21. The van der Waals surface area contributed by atoms with Crippen LogP contribution in [0.15, 0.2) is 36.5 Å². The average Bonchev–Trinajstić information content (AvgIpc) is 2.83. The molecule has 1 unspecified atom stereocenters. The van der Waals surface area contributed by atoms with E-state index < -0.39 is 0 Å². The van der Waals surface area contributed by atoms with Gasteiger partial charge in [0.2, 0.25) is 0 Å². The molecule has 1 heterocycles. The molecule has 3 N–H and O–H groups in total. The van der Waals surface area contributed by atoms with Crippen molar-refractivity contribution in [3.05, 3.63) is 47.2 Å². The summed E-state index contributed by atoms with van der Waals surface area (Å²) in [5, 5.41) is 4.85. The highest BCUT2D eigenvalue weighted by Crippen LogP contribution is 2.25. The third kappa shape index (κ3) is 3.30. The Kier molecular flexibility index (Phi) is 5.00. The van der Waals surface area contributed by atoms with Gasteiger partial charge in [-0.3, -0.25) is 10.5 Å². The smallest absolute Gasteiger partial charge is 0.119 e. The molecule has 108 valence electrons. The first-order chi connectivity index (χ1) is 9.63. The van der Waals surface area contributed by atoms with Gasteiger partial charge in [0.15, 0.2) is 0 Å². The molecule has 1 atom stereocenters. The lowest BCUT2D eigenvalue weighted by atomic mass is 10.2. The Morgan fingerprint density at radius 3 is 2.65 bits per heavy atom. The summed E-state index contributed by atoms with van der Waals surface area (Å²) in [5.41, 5.74) is 3.57. The second-order valence-corrected chi connectivity index (χ2v) is 5.17. The zero-order valence-corrected chi connectivity index (χ0v) is 12.3. The third-order valence-corrected chi connectivity index (χ3v) is 3.26. The Labute approximate surface area is 123 Å². The Hall–Kier alpha value is -1.56. The summed E-state index contributed by atoms with van der Waals surface area (Å²) in [6.45, 7) is 4.45. The van der Waals surface area contributed by atoms with Crippen molar-refractivity contribution >= 4 is 11.6 Å². The van der Waals surface area contributed by atoms with Crippen LogP contribution in [0.3, 0.4) is 0 Å². The van der Waals surface area contributed by atoms with Crippen LogP contribution in [0.4, 0.5) is 0 Å². The van der Waals surface area contributed by atoms with Crippen LogP contribution < -0.4 is 16.0 Å². The van der Waals surface area contributed by atoms with Crippen molar-refractivity contribution in [1.29, 1.82) is 0 Å². The van der Waals surface area contributed by atoms with E-state index in [0.29, 0.717) is 11.6 Å². The number of ether oxygens (including phenoxy) is 1. The van der Waals surface area contributed by atoms with E-state index in [0.717, 1.165) is 11.4 Å². The molecule has 1 aromatic heterocycles. The molecule has 20 heavy (non-hydrogen) atoms. The fourth-order valence-corrected chi connectivity index (χ4v) is 2.25. The molecule has 0 spiro atoms. The highest BCUT2D eigenvalue weighted by atomic mass is 35.5. The molecule has 0 radical (unpaired) electrons. The maximum absolute atomic E-state index is 6.21. The summed E-state index contributed by atoms with van der Waals surface area (Å²) < 4.78 is 7.58. The van der Waals surface area contributed by atoms with Gasteiger partial charge in [-0.15, -0.1) is 0 Å². The Morgan fingerprint density at radius 1 is 1.35 bits per heavy atom. The van der Waals surface area contributed by atoms with Crippen LogP contribution in [-0.4, -0.2) is 16.4 Å². The number of nitrogens with one attached hydrogen (secondary N) is 1. The van der Waals surface area contributed by atoms with Gasteiger partial charge < -0.3 is 4.74 Å². The van der Waals surface area contributed by atoms with Crippen molar-refractivity contribution in [1.82, 2.24) is 15.2 Å². The first-order valence-electron chi connectivity index (χ1n) is 6.50. The molecule has 6 heteroatoms. The minimum Gasteiger partial charge on any atom is -0.491 e. The number of aromatic nitrogens is 2. The number of hydrogen-bond acceptors (Lipinski definition) is 4. The Balaban J connectivity index is 2.14. The van der Waals surface area contributed by atoms with Crippen LogP contribution in [0.2, 0.25) is 5.02 Å². The van der Waals surface area contributed by atoms with Crippen molar-refractivity contribution in [3.8, 4) is 5.75 Å². The van der Waals surface area contributed by atoms with E-state index in [4.69, 9.17) is 22.2 Å². The summed E-state index contributed by atoms with van der Waals surface area (Å²) in [5.74, 6) is 6.43. The molecule has 0 aliphatic heterocycles. The largest absolute Gasteiger partial charge is 0.491 e. The predicted octanol–water partition coefficient (Wildman–Crippen LogP) is 2.70. The Bertz CT molecular complexity index is 541. The topological polar surface area (TPSA) is 65.1 Å². The highest BCUT2D eigenvalue weighted by Gasteiger charge is 2.21. The van der Waals surface area contributed by atoms with E-state index in [2.05, 4.69) is 10.5 Å². The Morgan fingerprint density at radius 2 is 2.05 bits per heavy atom. The standard InChI is InChI=1S/C14H19ClN4O/c1-10(2)19-14(12(15)8-17-19)13(18-16)9-20-11-6-4-3-5-7-11/h3-8,10,13,18H,9,16H2,1-2H3. The zero-order chi connectivity index (χ0) is 14.5. The molecule has 0 aliphatic rings. The molecular weight excluding hydrogens is 276 g/mol. The van der Waals surface area contributed by atoms with Gasteiger partial charge in [-0.05, 0) is 26.0 Å². The van der Waals surface area contributed by atoms with Gasteiger partial charge in [-0.1, -0.05) is 29.8 Å². The highest BCUT2D eigenvalue weighted by molar-refractivity contribution is 6.31. The minimum atomic E-state index is -0.229. The van der Waals surface area contributed by atoms with Crippen LogP contribution in [0.1, 0.15) is 31.6 Å². The summed E-state index contributed by atoms with van der Waals surface area (Å²) in [6, 6.07) is 9.55. The molecule has 0 aliphatic carbocycles. The number of hydrogen-bond donors (Lipinski definition) is 2. The first kappa shape index (κ1) is 14.8. The number of rotatable bonds is 6. The fourth-order valence-electron chi connectivity index (χ4n) is 1.99. The number of hydrazine groups is 1. The van der Waals surface area contributed by atoms with Crippen LogP contribution in [0.25, 0.3) is 0 Å². The molecule has 2 aromatic rings. The van der Waals surface area contributed by atoms with Crippen LogP contribution in [0, 0.1) is 0 Å². The van der Waals surface area contributed by atoms with Gasteiger partial charge in [0.05, 0.1) is 23.0 Å². The van der Waals surface area contributed by atoms with E-state index in [9.17, 15) is 0 Å². The quantitative estimate of drug-likeness (QED) is 0.635. The van der Waals surface area contributed by atoms with Gasteiger partial charge >= 0.3 is 0 Å². The fraction of sp³-hybridized carbons (Fsp3) is 0.357. The predicted molar refractivity (Wildman–Crippen MR) is 79.6 cm³/mol. The number of benzene rings is 1. The van der Waals surface area contributed by atoms with Crippen LogP contribution in [0.5, 0.6) is 5.75 Å². The number of nitrogens with zero attached hydrogens (tertiary/aromatic N) is 2. The second-order valence-electron chi connectivity index (χ2n) is 4.76. The maximum Gasteiger partial charge on any atom is 0.119 e. The normalized spacial score (nSPS) is 12.7. The first-order valence-corrected chi connectivity index (χ1v) is 6.88. The van der Waals surface area contributed by atoms with E-state index in [1.54, 1.807) is 6.20 Å². The SMILES string of the molecule is CC(C)n1ncc(Cl)c1C(COc1ccccc1)NN. The molecule has 0 fully saturated rings. The van der Waals surface area contributed by atoms with E-state index >= 15 is 0 Å². The number of halogens is 1. The van der Waals surface area contributed by atoms with Gasteiger partial charge in [-0.2, -0.15) is 5.10 Å². The minimum absolute atomic E-state index is 0.199. The van der Waals surface area contributed by atoms with E-state index in [1.807, 2.05) is 48.9 Å².